The van der Waals surface area contributed by atoms with Crippen molar-refractivity contribution in [2.24, 2.45) is 5.10 Å². The van der Waals surface area contributed by atoms with E-state index < -0.39 is 30.5 Å². The summed E-state index contributed by atoms with van der Waals surface area (Å²) < 4.78 is 35.6. The summed E-state index contributed by atoms with van der Waals surface area (Å²) >= 11 is 0. The summed E-state index contributed by atoms with van der Waals surface area (Å²) in [5.41, 5.74) is 2.15. The highest BCUT2D eigenvalue weighted by molar-refractivity contribution is 7.87. The standard InChI is InChI=1S/C19H15N5O8S/c1-31-16-8-6-13(11-21-22-19-9-7-14(12-20-19)23(25)26)10-17(16)32-33(29,30)18-5-3-2-4-15(18)24(27)28/h2-12H,1H3,(H,20,22)/b21-11-. The third kappa shape index (κ3) is 5.56. The summed E-state index contributed by atoms with van der Waals surface area (Å²) in [5, 5.41) is 25.8. The number of para-hydroxylation sites is 1. The highest BCUT2D eigenvalue weighted by Gasteiger charge is 2.28. The Morgan fingerprint density at radius 1 is 1.03 bits per heavy atom. The van der Waals surface area contributed by atoms with Gasteiger partial charge in [-0.15, -0.1) is 0 Å². The molecule has 0 spiro atoms. The number of aromatic nitrogens is 1. The Kier molecular flexibility index (Phi) is 6.78. The molecule has 0 unspecified atom stereocenters. The summed E-state index contributed by atoms with van der Waals surface area (Å²) in [6.07, 6.45) is 2.37. The first-order valence-electron chi connectivity index (χ1n) is 8.97. The van der Waals surface area contributed by atoms with Crippen LogP contribution in [0.2, 0.25) is 0 Å². The minimum absolute atomic E-state index is 0.0688. The molecular weight excluding hydrogens is 458 g/mol. The van der Waals surface area contributed by atoms with Gasteiger partial charge in [-0.05, 0) is 35.9 Å². The summed E-state index contributed by atoms with van der Waals surface area (Å²) in [6.45, 7) is 0. The third-order valence-electron chi connectivity index (χ3n) is 4.07. The topological polar surface area (TPSA) is 176 Å². The smallest absolute Gasteiger partial charge is 0.346 e. The molecule has 0 aliphatic carbocycles. The summed E-state index contributed by atoms with van der Waals surface area (Å²) in [4.78, 5) is 23.7. The second kappa shape index (κ2) is 9.69. The Labute approximate surface area is 186 Å². The van der Waals surface area contributed by atoms with Crippen molar-refractivity contribution in [3.8, 4) is 11.5 Å². The van der Waals surface area contributed by atoms with Gasteiger partial charge in [-0.3, -0.25) is 25.7 Å². The number of benzene rings is 2. The zero-order valence-electron chi connectivity index (χ0n) is 16.8. The summed E-state index contributed by atoms with van der Waals surface area (Å²) in [6, 6.07) is 11.7. The van der Waals surface area contributed by atoms with Crippen molar-refractivity contribution in [1.29, 1.82) is 0 Å². The lowest BCUT2D eigenvalue weighted by atomic mass is 10.2. The van der Waals surface area contributed by atoms with Crippen LogP contribution in [0, 0.1) is 20.2 Å². The molecule has 0 saturated heterocycles. The maximum absolute atomic E-state index is 12.7. The van der Waals surface area contributed by atoms with E-state index in [1.165, 1.54) is 49.7 Å². The van der Waals surface area contributed by atoms with Gasteiger partial charge in [0.05, 0.1) is 23.2 Å². The van der Waals surface area contributed by atoms with E-state index in [1.54, 1.807) is 6.07 Å². The molecule has 3 aromatic rings. The number of nitrogens with one attached hydrogen (secondary N) is 1. The number of nitrogens with zero attached hydrogens (tertiary/aromatic N) is 4. The normalized spacial score (nSPS) is 11.2. The molecule has 13 nitrogen and oxygen atoms in total. The van der Waals surface area contributed by atoms with Crippen molar-refractivity contribution in [3.05, 3.63) is 86.6 Å². The molecule has 2 aromatic carbocycles. The van der Waals surface area contributed by atoms with Gasteiger partial charge in [0, 0.05) is 12.1 Å². The Morgan fingerprint density at radius 3 is 2.42 bits per heavy atom. The number of ether oxygens (including phenoxy) is 1. The van der Waals surface area contributed by atoms with Gasteiger partial charge in [0.15, 0.2) is 16.4 Å². The van der Waals surface area contributed by atoms with E-state index in [4.69, 9.17) is 8.92 Å². The lowest BCUT2D eigenvalue weighted by Crippen LogP contribution is -2.12. The maximum atomic E-state index is 12.7. The van der Waals surface area contributed by atoms with Crippen LogP contribution in [0.15, 0.2) is 70.8 Å². The SMILES string of the molecule is COc1ccc(/C=N\Nc2ccc([N+](=O)[O-])cn2)cc1OS(=O)(=O)c1ccccc1[N+](=O)[O-]. The zero-order chi connectivity index (χ0) is 24.0. The molecule has 0 aliphatic rings. The van der Waals surface area contributed by atoms with Gasteiger partial charge < -0.3 is 8.92 Å². The maximum Gasteiger partial charge on any atom is 0.346 e. The number of pyridine rings is 1. The van der Waals surface area contributed by atoms with Crippen LogP contribution < -0.4 is 14.3 Å². The fraction of sp³-hybridized carbons (Fsp3) is 0.0526. The number of methoxy groups -OCH3 is 1. The molecule has 0 aliphatic heterocycles. The molecule has 0 saturated carbocycles. The van der Waals surface area contributed by atoms with Crippen LogP contribution in [0.25, 0.3) is 0 Å². The number of rotatable bonds is 9. The van der Waals surface area contributed by atoms with E-state index in [2.05, 4.69) is 15.5 Å². The average molecular weight is 473 g/mol. The minimum Gasteiger partial charge on any atom is -0.493 e. The lowest BCUT2D eigenvalue weighted by molar-refractivity contribution is -0.387. The molecule has 0 bridgehead atoms. The Balaban J connectivity index is 1.83. The van der Waals surface area contributed by atoms with Crippen molar-refractivity contribution < 1.29 is 27.2 Å². The Morgan fingerprint density at radius 2 is 1.79 bits per heavy atom. The quantitative estimate of drug-likeness (QED) is 0.210. The van der Waals surface area contributed by atoms with E-state index in [0.717, 1.165) is 18.3 Å². The van der Waals surface area contributed by atoms with E-state index >= 15 is 0 Å². The molecule has 0 atom stereocenters. The van der Waals surface area contributed by atoms with Crippen molar-refractivity contribution >= 4 is 33.5 Å². The molecule has 1 heterocycles. The van der Waals surface area contributed by atoms with Gasteiger partial charge in [-0.1, -0.05) is 12.1 Å². The molecule has 0 amide bonds. The van der Waals surface area contributed by atoms with Crippen LogP contribution in [-0.2, 0) is 10.1 Å². The highest BCUT2D eigenvalue weighted by Crippen LogP contribution is 2.32. The molecule has 0 radical (unpaired) electrons. The fourth-order valence-electron chi connectivity index (χ4n) is 2.55. The predicted octanol–water partition coefficient (Wildman–Crippen LogP) is 3.12. The number of nitro benzene ring substituents is 1. The van der Waals surface area contributed by atoms with Crippen LogP contribution in [-0.4, -0.2) is 36.6 Å². The second-order valence-electron chi connectivity index (χ2n) is 6.20. The van der Waals surface area contributed by atoms with E-state index in [-0.39, 0.29) is 23.0 Å². The van der Waals surface area contributed by atoms with E-state index in [0.29, 0.717) is 5.56 Å². The number of hydrogen-bond acceptors (Lipinski definition) is 11. The molecule has 170 valence electrons. The number of hydrogen-bond donors (Lipinski definition) is 1. The molecule has 33 heavy (non-hydrogen) atoms. The van der Waals surface area contributed by atoms with Crippen LogP contribution in [0.5, 0.6) is 11.5 Å². The van der Waals surface area contributed by atoms with Crippen LogP contribution in [0.3, 0.4) is 0 Å². The van der Waals surface area contributed by atoms with Crippen LogP contribution >= 0.6 is 0 Å². The first kappa shape index (κ1) is 23.1. The summed E-state index contributed by atoms with van der Waals surface area (Å²) in [5.74, 6) is 0.0909. The first-order chi connectivity index (χ1) is 15.7. The first-order valence-corrected chi connectivity index (χ1v) is 10.4. The molecule has 0 fully saturated rings. The lowest BCUT2D eigenvalue weighted by Gasteiger charge is -2.11. The largest absolute Gasteiger partial charge is 0.493 e. The van der Waals surface area contributed by atoms with Crippen molar-refractivity contribution in [2.45, 2.75) is 4.90 Å². The Hall–Kier alpha value is -4.59. The zero-order valence-corrected chi connectivity index (χ0v) is 17.6. The van der Waals surface area contributed by atoms with Gasteiger partial charge in [0.2, 0.25) is 0 Å². The number of hydrazone groups is 1. The van der Waals surface area contributed by atoms with Gasteiger partial charge in [-0.2, -0.15) is 13.5 Å². The van der Waals surface area contributed by atoms with Crippen LogP contribution in [0.1, 0.15) is 5.56 Å². The third-order valence-corrected chi connectivity index (χ3v) is 5.35. The molecule has 3 rings (SSSR count). The minimum atomic E-state index is -4.56. The summed E-state index contributed by atoms with van der Waals surface area (Å²) in [7, 11) is -3.26. The van der Waals surface area contributed by atoms with E-state index in [1.807, 2.05) is 0 Å². The predicted molar refractivity (Wildman–Crippen MR) is 116 cm³/mol. The van der Waals surface area contributed by atoms with Gasteiger partial charge in [-0.25, -0.2) is 4.98 Å². The van der Waals surface area contributed by atoms with Crippen LogP contribution in [0.4, 0.5) is 17.2 Å². The molecular formula is C19H15N5O8S. The van der Waals surface area contributed by atoms with Gasteiger partial charge >= 0.3 is 10.1 Å². The van der Waals surface area contributed by atoms with Crippen molar-refractivity contribution in [2.75, 3.05) is 12.5 Å². The van der Waals surface area contributed by atoms with Crippen molar-refractivity contribution in [3.63, 3.8) is 0 Å². The second-order valence-corrected chi connectivity index (χ2v) is 7.72. The van der Waals surface area contributed by atoms with Crippen molar-refractivity contribution in [1.82, 2.24) is 4.98 Å². The number of anilines is 1. The number of nitro groups is 2. The van der Waals surface area contributed by atoms with Gasteiger partial charge in [0.1, 0.15) is 12.0 Å². The molecule has 1 aromatic heterocycles. The monoisotopic (exact) mass is 473 g/mol. The van der Waals surface area contributed by atoms with E-state index in [9.17, 15) is 28.6 Å². The highest BCUT2D eigenvalue weighted by atomic mass is 32.2. The molecule has 14 heteroatoms. The Bertz CT molecular complexity index is 1330. The average Bonchev–Trinajstić information content (AvgIpc) is 2.79. The van der Waals surface area contributed by atoms with Gasteiger partial charge in [0.25, 0.3) is 11.4 Å². The fourth-order valence-corrected chi connectivity index (χ4v) is 3.65. The molecule has 1 N–H and O–H groups in total.